The van der Waals surface area contributed by atoms with E-state index in [1.165, 1.54) is 0 Å². The van der Waals surface area contributed by atoms with Crippen LogP contribution in [0.5, 0.6) is 0 Å². The van der Waals surface area contributed by atoms with Crippen molar-refractivity contribution in [3.8, 4) is 0 Å². The molecule has 0 aliphatic carbocycles. The Morgan fingerprint density at radius 3 is 1.38 bits per heavy atom. The van der Waals surface area contributed by atoms with Gasteiger partial charge in [-0.05, 0) is 0 Å². The Balaban J connectivity index is -0.0000000208. The van der Waals surface area contributed by atoms with Crippen molar-refractivity contribution in [2.24, 2.45) is 0 Å². The molecule has 0 spiro atoms. The molecule has 2 nitrogen and oxygen atoms in total. The van der Waals surface area contributed by atoms with E-state index >= 15 is 0 Å². The van der Waals surface area contributed by atoms with Crippen molar-refractivity contribution in [2.45, 2.75) is 26.6 Å². The molecule has 0 amide bonds. The number of hydrogen-bond donors (Lipinski definition) is 2. The van der Waals surface area contributed by atoms with E-state index in [1.807, 2.05) is 0 Å². The molecule has 0 aromatic carbocycles. The van der Waals surface area contributed by atoms with Crippen LogP contribution in [0.1, 0.15) is 29.4 Å². The van der Waals surface area contributed by atoms with Crippen molar-refractivity contribution in [1.29, 1.82) is 0 Å². The fraction of sp³-hybridized carbons (Fsp3) is 1.00. The predicted octanol–water partition coefficient (Wildman–Crippen LogP) is 3.37. The predicted molar refractivity (Wildman–Crippen MR) is 61.5 cm³/mol. The van der Waals surface area contributed by atoms with Crippen LogP contribution < -0.4 is 12.3 Å². The summed E-state index contributed by atoms with van der Waals surface area (Å²) in [5, 5.41) is 0. The van der Waals surface area contributed by atoms with Crippen LogP contribution in [0.25, 0.3) is 0 Å². The molecule has 0 rings (SSSR count). The highest BCUT2D eigenvalue weighted by Gasteiger charge is 1.56. The highest BCUT2D eigenvalue weighted by atomic mass is 127. The van der Waals surface area contributed by atoms with Crippen LogP contribution in [0.15, 0.2) is 0 Å². The zero-order valence-corrected chi connectivity index (χ0v) is 9.72. The van der Waals surface area contributed by atoms with Gasteiger partial charge in [-0.15, -0.1) is 48.0 Å². The average molecular weight is 350 g/mol. The van der Waals surface area contributed by atoms with Crippen LogP contribution in [-0.4, -0.2) is 0 Å². The maximum Gasteiger partial charge on any atom is 0.0230 e. The standard InChI is InChI=1S/C4H10.2HI.2H3N/c1-3-4-2;;;;/h3-4H2,1-2H3;2*1H;2*1H3/i1D,2D;;;;. The number of unbranched alkanes of at least 4 members (excludes halogenated alkanes) is 1. The Kier molecular flexibility index (Phi) is 80.8. The molecule has 4 heteroatoms. The zero-order valence-electron chi connectivity index (χ0n) is 7.06. The third-order valence-electron chi connectivity index (χ3n) is 0.250. The summed E-state index contributed by atoms with van der Waals surface area (Å²) in [5.74, 6) is 0. The molecule has 0 fully saturated rings. The Morgan fingerprint density at radius 2 is 1.25 bits per heavy atom. The lowest BCUT2D eigenvalue weighted by atomic mass is 10.4. The van der Waals surface area contributed by atoms with Gasteiger partial charge in [0.05, 0.1) is 0 Å². The van der Waals surface area contributed by atoms with Gasteiger partial charge in [-0.1, -0.05) is 26.6 Å². The van der Waals surface area contributed by atoms with Gasteiger partial charge in [0.2, 0.25) is 0 Å². The van der Waals surface area contributed by atoms with E-state index in [9.17, 15) is 0 Å². The Labute approximate surface area is 89.2 Å². The fourth-order valence-corrected chi connectivity index (χ4v) is 0. The summed E-state index contributed by atoms with van der Waals surface area (Å²) in [6, 6.07) is 0. The maximum absolute atomic E-state index is 6.62. The topological polar surface area (TPSA) is 70.0 Å². The monoisotopic (exact) mass is 350 g/mol. The van der Waals surface area contributed by atoms with E-state index in [2.05, 4.69) is 0 Å². The highest BCUT2D eigenvalue weighted by molar-refractivity contribution is 14.0. The van der Waals surface area contributed by atoms with Crippen molar-refractivity contribution in [3.05, 3.63) is 0 Å². The molecule has 0 saturated carbocycles. The molecule has 8 heavy (non-hydrogen) atoms. The molecule has 0 aliphatic heterocycles. The van der Waals surface area contributed by atoms with E-state index in [0.717, 1.165) is 12.8 Å². The first-order chi connectivity index (χ1) is 2.91. The van der Waals surface area contributed by atoms with E-state index in [4.69, 9.17) is 2.74 Å². The molecule has 0 aromatic rings. The summed E-state index contributed by atoms with van der Waals surface area (Å²) < 4.78 is 13.2. The zero-order chi connectivity index (χ0) is 4.83. The quantitative estimate of drug-likeness (QED) is 0.562. The van der Waals surface area contributed by atoms with Crippen molar-refractivity contribution < 1.29 is 2.74 Å². The van der Waals surface area contributed by atoms with E-state index in [1.54, 1.807) is 0 Å². The molecule has 58 valence electrons. The summed E-state index contributed by atoms with van der Waals surface area (Å²) in [6.45, 7) is 0.970. The summed E-state index contributed by atoms with van der Waals surface area (Å²) in [5.41, 5.74) is 0. The van der Waals surface area contributed by atoms with Gasteiger partial charge in [-0.2, -0.15) is 0 Å². The van der Waals surface area contributed by atoms with Gasteiger partial charge in [0.1, 0.15) is 0 Å². The molecule has 0 unspecified atom stereocenters. The Morgan fingerprint density at radius 1 is 1.00 bits per heavy atom. The van der Waals surface area contributed by atoms with Gasteiger partial charge in [-0.3, -0.25) is 0 Å². The van der Waals surface area contributed by atoms with E-state index < -0.39 is 0 Å². The molecular weight excluding hydrogens is 330 g/mol. The van der Waals surface area contributed by atoms with Gasteiger partial charge < -0.3 is 12.3 Å². The number of hydrogen-bond acceptors (Lipinski definition) is 2. The first-order valence-electron chi connectivity index (χ1n) is 2.91. The van der Waals surface area contributed by atoms with Gasteiger partial charge in [-0.25, -0.2) is 0 Å². The van der Waals surface area contributed by atoms with Crippen LogP contribution >= 0.6 is 48.0 Å². The van der Waals surface area contributed by atoms with E-state index in [0.29, 0.717) is 13.8 Å². The lowest BCUT2D eigenvalue weighted by molar-refractivity contribution is 0.886. The normalized spacial score (nSPS) is 7.00. The minimum Gasteiger partial charge on any atom is -0.344 e. The lowest BCUT2D eigenvalue weighted by Crippen LogP contribution is -1.47. The number of halogens is 2. The van der Waals surface area contributed by atoms with E-state index in [-0.39, 0.29) is 60.3 Å². The molecule has 0 heterocycles. The third-order valence-corrected chi connectivity index (χ3v) is 0.250. The van der Waals surface area contributed by atoms with Crippen molar-refractivity contribution >= 4 is 48.0 Å². The second-order valence-electron chi connectivity index (χ2n) is 0.707. The molecule has 6 N–H and O–H groups in total. The highest BCUT2D eigenvalue weighted by Crippen LogP contribution is 1.76. The van der Waals surface area contributed by atoms with Crippen molar-refractivity contribution in [2.75, 3.05) is 0 Å². The van der Waals surface area contributed by atoms with Gasteiger partial charge in [0.15, 0.2) is 0 Å². The molecule has 0 aliphatic rings. The van der Waals surface area contributed by atoms with Crippen LogP contribution in [0.2, 0.25) is 0 Å². The first-order valence-corrected chi connectivity index (χ1v) is 1.50. The molecule has 0 radical (unpaired) electrons. The second kappa shape index (κ2) is 40.0. The maximum atomic E-state index is 6.62. The van der Waals surface area contributed by atoms with Crippen molar-refractivity contribution in [3.63, 3.8) is 0 Å². The summed E-state index contributed by atoms with van der Waals surface area (Å²) >= 11 is 0. The molecule has 0 bridgehead atoms. The van der Waals surface area contributed by atoms with Crippen LogP contribution in [0, 0.1) is 0 Å². The second-order valence-corrected chi connectivity index (χ2v) is 0.707. The lowest BCUT2D eigenvalue weighted by Gasteiger charge is -1.68. The van der Waals surface area contributed by atoms with Crippen LogP contribution in [0.4, 0.5) is 0 Å². The largest absolute Gasteiger partial charge is 0.344 e. The third kappa shape index (κ3) is 53.0. The Bertz CT molecular complexity index is 31.2. The summed E-state index contributed by atoms with van der Waals surface area (Å²) in [6.07, 6.45) is 1.78. The molecule has 0 atom stereocenters. The van der Waals surface area contributed by atoms with Gasteiger partial charge in [0, 0.05) is 2.74 Å². The van der Waals surface area contributed by atoms with Crippen LogP contribution in [-0.2, 0) is 0 Å². The summed E-state index contributed by atoms with van der Waals surface area (Å²) in [4.78, 5) is 0. The van der Waals surface area contributed by atoms with Crippen LogP contribution in [0.3, 0.4) is 0 Å². The minimum atomic E-state index is 0. The number of rotatable bonds is 1. The minimum absolute atomic E-state index is 0. The average Bonchev–Trinajstić information content (AvgIpc) is 1.61. The SMILES string of the molecule is I.I.N.N.[2H]CCCC[2H]. The molecule has 0 saturated heterocycles. The Hall–Kier alpha value is 1.38. The van der Waals surface area contributed by atoms with Crippen molar-refractivity contribution in [1.82, 2.24) is 12.3 Å². The molecule has 0 aromatic heterocycles. The van der Waals surface area contributed by atoms with Gasteiger partial charge in [0.25, 0.3) is 0 Å². The van der Waals surface area contributed by atoms with Gasteiger partial charge >= 0.3 is 0 Å². The summed E-state index contributed by atoms with van der Waals surface area (Å²) in [7, 11) is 0. The molecular formula is C4H18I2N2. The fourth-order valence-electron chi connectivity index (χ4n) is 0. The smallest absolute Gasteiger partial charge is 0.0230 e. The first kappa shape index (κ1) is 16.2.